The van der Waals surface area contributed by atoms with E-state index in [0.29, 0.717) is 56.5 Å². The van der Waals surface area contributed by atoms with Crippen LogP contribution in [0.25, 0.3) is 10.9 Å². The van der Waals surface area contributed by atoms with Crippen LogP contribution in [0, 0.1) is 0 Å². The first-order chi connectivity index (χ1) is 12.1. The molecule has 2 heterocycles. The summed E-state index contributed by atoms with van der Waals surface area (Å²) < 4.78 is 1.56. The van der Waals surface area contributed by atoms with Crippen molar-refractivity contribution in [2.24, 2.45) is 0 Å². The van der Waals surface area contributed by atoms with Crippen LogP contribution in [0.15, 0.2) is 35.4 Å². The molecule has 0 aliphatic carbocycles. The standard InChI is InChI=1S/C18H22N4O3/c1-14(23)20-9-11-21(12-10-20)17(24)7-4-8-22-13-19-16-6-3-2-5-15(16)18(22)25/h2-3,5-6,13H,4,7-12H2,1H3. The summed E-state index contributed by atoms with van der Waals surface area (Å²) in [6, 6.07) is 7.25. The van der Waals surface area contributed by atoms with E-state index in [4.69, 9.17) is 0 Å². The van der Waals surface area contributed by atoms with Crippen LogP contribution in [0.3, 0.4) is 0 Å². The largest absolute Gasteiger partial charge is 0.339 e. The van der Waals surface area contributed by atoms with E-state index in [2.05, 4.69) is 4.98 Å². The molecule has 0 radical (unpaired) electrons. The number of aryl methyl sites for hydroxylation is 1. The van der Waals surface area contributed by atoms with Crippen molar-refractivity contribution in [3.63, 3.8) is 0 Å². The summed E-state index contributed by atoms with van der Waals surface area (Å²) in [5.74, 6) is 0.125. The summed E-state index contributed by atoms with van der Waals surface area (Å²) in [5, 5.41) is 0.594. The molecule has 132 valence electrons. The van der Waals surface area contributed by atoms with Gasteiger partial charge in [0.05, 0.1) is 17.2 Å². The third-order valence-corrected chi connectivity index (χ3v) is 4.60. The second-order valence-electron chi connectivity index (χ2n) is 6.25. The SMILES string of the molecule is CC(=O)N1CCN(C(=O)CCCn2cnc3ccccc3c2=O)CC1. The minimum atomic E-state index is -0.0758. The van der Waals surface area contributed by atoms with E-state index in [1.807, 2.05) is 18.2 Å². The van der Waals surface area contributed by atoms with E-state index in [9.17, 15) is 14.4 Å². The Morgan fingerprint density at radius 3 is 2.48 bits per heavy atom. The van der Waals surface area contributed by atoms with Crippen LogP contribution < -0.4 is 5.56 Å². The van der Waals surface area contributed by atoms with Gasteiger partial charge in [-0.15, -0.1) is 0 Å². The predicted molar refractivity (Wildman–Crippen MR) is 94.1 cm³/mol. The molecule has 1 aliphatic rings. The molecule has 3 rings (SSSR count). The number of hydrogen-bond donors (Lipinski definition) is 0. The molecule has 2 aromatic rings. The Hall–Kier alpha value is -2.70. The Labute approximate surface area is 145 Å². The highest BCUT2D eigenvalue weighted by molar-refractivity contribution is 5.78. The Bertz CT molecular complexity index is 838. The number of aromatic nitrogens is 2. The summed E-state index contributed by atoms with van der Waals surface area (Å²) in [5.41, 5.74) is 0.608. The fourth-order valence-corrected chi connectivity index (χ4v) is 3.09. The normalized spacial score (nSPS) is 14.8. The van der Waals surface area contributed by atoms with Gasteiger partial charge in [0.15, 0.2) is 0 Å². The van der Waals surface area contributed by atoms with Gasteiger partial charge in [0.1, 0.15) is 0 Å². The molecule has 0 N–H and O–H groups in total. The molecule has 25 heavy (non-hydrogen) atoms. The van der Waals surface area contributed by atoms with Crippen molar-refractivity contribution in [2.75, 3.05) is 26.2 Å². The molecule has 1 aromatic carbocycles. The van der Waals surface area contributed by atoms with Crippen molar-refractivity contribution in [3.05, 3.63) is 40.9 Å². The first-order valence-electron chi connectivity index (χ1n) is 8.54. The molecule has 0 saturated carbocycles. The highest BCUT2D eigenvalue weighted by Crippen LogP contribution is 2.08. The maximum atomic E-state index is 12.4. The highest BCUT2D eigenvalue weighted by atomic mass is 16.2. The van der Waals surface area contributed by atoms with Gasteiger partial charge in [0, 0.05) is 46.1 Å². The van der Waals surface area contributed by atoms with Gasteiger partial charge < -0.3 is 9.80 Å². The lowest BCUT2D eigenvalue weighted by Gasteiger charge is -2.34. The molecule has 0 spiro atoms. The average Bonchev–Trinajstić information content (AvgIpc) is 2.64. The lowest BCUT2D eigenvalue weighted by atomic mass is 10.2. The molecule has 1 saturated heterocycles. The summed E-state index contributed by atoms with van der Waals surface area (Å²) in [7, 11) is 0. The quantitative estimate of drug-likeness (QED) is 0.826. The number of hydrogen-bond acceptors (Lipinski definition) is 4. The molecular weight excluding hydrogens is 320 g/mol. The summed E-state index contributed by atoms with van der Waals surface area (Å²) >= 11 is 0. The number of carbonyl (C=O) groups excluding carboxylic acids is 2. The third-order valence-electron chi connectivity index (χ3n) is 4.60. The van der Waals surface area contributed by atoms with Gasteiger partial charge in [-0.3, -0.25) is 19.0 Å². The van der Waals surface area contributed by atoms with Crippen molar-refractivity contribution < 1.29 is 9.59 Å². The summed E-state index contributed by atoms with van der Waals surface area (Å²) in [6.07, 6.45) is 2.52. The van der Waals surface area contributed by atoms with Crippen LogP contribution in [0.1, 0.15) is 19.8 Å². The fraction of sp³-hybridized carbons (Fsp3) is 0.444. The van der Waals surface area contributed by atoms with Gasteiger partial charge in [-0.05, 0) is 18.6 Å². The zero-order valence-electron chi connectivity index (χ0n) is 14.4. The fourth-order valence-electron chi connectivity index (χ4n) is 3.09. The van der Waals surface area contributed by atoms with Gasteiger partial charge in [0.2, 0.25) is 11.8 Å². The molecule has 0 unspecified atom stereocenters. The zero-order valence-corrected chi connectivity index (χ0v) is 14.4. The monoisotopic (exact) mass is 342 g/mol. The molecule has 1 fully saturated rings. The number of fused-ring (bicyclic) bond motifs is 1. The topological polar surface area (TPSA) is 75.5 Å². The second kappa shape index (κ2) is 7.46. The van der Waals surface area contributed by atoms with E-state index >= 15 is 0 Å². The van der Waals surface area contributed by atoms with Crippen LogP contribution in [0.2, 0.25) is 0 Å². The van der Waals surface area contributed by atoms with Crippen molar-refractivity contribution in [2.45, 2.75) is 26.3 Å². The highest BCUT2D eigenvalue weighted by Gasteiger charge is 2.21. The average molecular weight is 342 g/mol. The lowest BCUT2D eigenvalue weighted by molar-refractivity contribution is -0.138. The molecular formula is C18H22N4O3. The Morgan fingerprint density at radius 1 is 1.08 bits per heavy atom. The third kappa shape index (κ3) is 3.87. The Kier molecular flexibility index (Phi) is 5.11. The number of benzene rings is 1. The van der Waals surface area contributed by atoms with Gasteiger partial charge in [-0.2, -0.15) is 0 Å². The van der Waals surface area contributed by atoms with Crippen molar-refractivity contribution in [1.82, 2.24) is 19.4 Å². The van der Waals surface area contributed by atoms with E-state index in [1.54, 1.807) is 33.7 Å². The van der Waals surface area contributed by atoms with E-state index < -0.39 is 0 Å². The van der Waals surface area contributed by atoms with E-state index in [-0.39, 0.29) is 17.4 Å². The van der Waals surface area contributed by atoms with Crippen molar-refractivity contribution in [1.29, 1.82) is 0 Å². The minimum Gasteiger partial charge on any atom is -0.339 e. The number of para-hydroxylation sites is 1. The van der Waals surface area contributed by atoms with Gasteiger partial charge in [-0.1, -0.05) is 12.1 Å². The minimum absolute atomic E-state index is 0.0512. The second-order valence-corrected chi connectivity index (χ2v) is 6.25. The first kappa shape index (κ1) is 17.1. The summed E-state index contributed by atoms with van der Waals surface area (Å²) in [4.78, 5) is 43.8. The predicted octanol–water partition coefficient (Wildman–Crippen LogP) is 0.867. The number of nitrogens with zero attached hydrogens (tertiary/aromatic N) is 4. The van der Waals surface area contributed by atoms with E-state index in [1.165, 1.54) is 0 Å². The van der Waals surface area contributed by atoms with Gasteiger partial charge in [-0.25, -0.2) is 4.98 Å². The maximum Gasteiger partial charge on any atom is 0.261 e. The Balaban J connectivity index is 1.53. The maximum absolute atomic E-state index is 12.4. The van der Waals surface area contributed by atoms with Crippen molar-refractivity contribution in [3.8, 4) is 0 Å². The number of carbonyl (C=O) groups is 2. The zero-order chi connectivity index (χ0) is 17.8. The van der Waals surface area contributed by atoms with Crippen LogP contribution in [-0.2, 0) is 16.1 Å². The molecule has 2 amide bonds. The molecule has 0 bridgehead atoms. The lowest BCUT2D eigenvalue weighted by Crippen LogP contribution is -2.50. The molecule has 7 nitrogen and oxygen atoms in total. The molecule has 0 atom stereocenters. The van der Waals surface area contributed by atoms with E-state index in [0.717, 1.165) is 0 Å². The van der Waals surface area contributed by atoms with Crippen molar-refractivity contribution >= 4 is 22.7 Å². The molecule has 1 aromatic heterocycles. The van der Waals surface area contributed by atoms with Crippen LogP contribution in [0.4, 0.5) is 0 Å². The van der Waals surface area contributed by atoms with Gasteiger partial charge >= 0.3 is 0 Å². The van der Waals surface area contributed by atoms with Crippen LogP contribution in [0.5, 0.6) is 0 Å². The molecule has 1 aliphatic heterocycles. The smallest absolute Gasteiger partial charge is 0.261 e. The van der Waals surface area contributed by atoms with Crippen LogP contribution in [-0.4, -0.2) is 57.3 Å². The van der Waals surface area contributed by atoms with Crippen LogP contribution >= 0.6 is 0 Å². The summed E-state index contributed by atoms with van der Waals surface area (Å²) in [6.45, 7) is 4.36. The Morgan fingerprint density at radius 2 is 1.76 bits per heavy atom. The number of amides is 2. The number of piperazine rings is 1. The molecule has 7 heteroatoms. The van der Waals surface area contributed by atoms with Gasteiger partial charge in [0.25, 0.3) is 5.56 Å². The first-order valence-corrected chi connectivity index (χ1v) is 8.54. The number of rotatable bonds is 4.